The molecule has 1 unspecified atom stereocenters. The SMILES string of the molecule is CC(CN1CC[P+](C)(O)CC1)Nc1ccc(S(=O)(=O)NC(=O)c2cc(F)c(N3CCN(CC4=C(c5ccc(Cl)cc5)CC(C)(C)CC4)CC3)cc2Oc2cnc3[nH]ccc3c2)cc1[N+](=O)[O-]. The molecule has 1 aliphatic carbocycles. The zero-order chi connectivity index (χ0) is 47.0. The van der Waals surface area contributed by atoms with Crippen LogP contribution in [-0.4, -0.2) is 121 Å². The smallest absolute Gasteiger partial charge is 0.293 e. The van der Waals surface area contributed by atoms with Crippen LogP contribution >= 0.6 is 19.1 Å². The van der Waals surface area contributed by atoms with Gasteiger partial charge in [0.25, 0.3) is 21.6 Å². The summed E-state index contributed by atoms with van der Waals surface area (Å²) in [5, 5.41) is 16.8. The highest BCUT2D eigenvalue weighted by Crippen LogP contribution is 2.51. The average Bonchev–Trinajstić information content (AvgIpc) is 3.74. The Balaban J connectivity index is 1.01. The summed E-state index contributed by atoms with van der Waals surface area (Å²) in [6.45, 7) is 13.4. The van der Waals surface area contributed by atoms with Crippen LogP contribution in [0.3, 0.4) is 0 Å². The number of nitrogens with zero attached hydrogens (tertiary/aromatic N) is 5. The minimum Gasteiger partial charge on any atom is -0.455 e. The van der Waals surface area contributed by atoms with E-state index in [2.05, 4.69) is 51.1 Å². The van der Waals surface area contributed by atoms with Gasteiger partial charge in [-0.2, -0.15) is 0 Å². The van der Waals surface area contributed by atoms with E-state index in [9.17, 15) is 28.2 Å². The Bertz CT molecular complexity index is 2770. The normalized spacial score (nSPS) is 18.6. The summed E-state index contributed by atoms with van der Waals surface area (Å²) in [7, 11) is -6.61. The third-order valence-electron chi connectivity index (χ3n) is 12.8. The van der Waals surface area contributed by atoms with Crippen molar-refractivity contribution in [2.45, 2.75) is 51.0 Å². The second kappa shape index (κ2) is 19.2. The minimum atomic E-state index is -4.73. The topological polar surface area (TPSA) is 186 Å². The van der Waals surface area contributed by atoms with Crippen molar-refractivity contribution < 1.29 is 32.2 Å². The van der Waals surface area contributed by atoms with Crippen LogP contribution in [0.1, 0.15) is 56.0 Å². The molecule has 4 N–H and O–H groups in total. The molecule has 8 rings (SSSR count). The van der Waals surface area contributed by atoms with Gasteiger partial charge in [0, 0.05) is 87.1 Å². The Labute approximate surface area is 390 Å². The Morgan fingerprint density at radius 1 is 1.05 bits per heavy atom. The standard InChI is InChI=1S/C47H55ClFN8O7PS/c1-31(29-55-19-21-65(4,61)22-20-55)52-41-10-9-37(24-43(41)57(59)60)66(62,63)53-46(58)38-25-40(49)42(26-44(38)64-36-23-33-12-14-50-45(33)51-28-36)56-17-15-54(16-18-56)30-34-11-13-47(2,3)27-39(34)32-5-7-35(48)8-6-32/h5-10,12,14,23-26,28,31,52,61H,11,13,15-22,27,29-30H2,1-4H3,(H-,50,51,53,58)/p+1. The molecule has 1 amide bonds. The molecule has 1 atom stereocenters. The number of amides is 1. The molecule has 15 nitrogen and oxygen atoms in total. The first kappa shape index (κ1) is 47.3. The molecule has 2 saturated heterocycles. The van der Waals surface area contributed by atoms with Crippen LogP contribution in [0, 0.1) is 21.3 Å². The van der Waals surface area contributed by atoms with Gasteiger partial charge in [0.05, 0.1) is 46.3 Å². The zero-order valence-electron chi connectivity index (χ0n) is 37.5. The summed E-state index contributed by atoms with van der Waals surface area (Å²) in [6.07, 6.45) is 7.60. The van der Waals surface area contributed by atoms with Crippen LogP contribution in [0.25, 0.3) is 16.6 Å². The van der Waals surface area contributed by atoms with Crippen LogP contribution in [0.2, 0.25) is 5.02 Å². The summed E-state index contributed by atoms with van der Waals surface area (Å²) in [5.41, 5.74) is 4.07. The highest BCUT2D eigenvalue weighted by atomic mass is 35.5. The van der Waals surface area contributed by atoms with Crippen LogP contribution < -0.4 is 19.7 Å². The lowest BCUT2D eigenvalue weighted by atomic mass is 9.72. The van der Waals surface area contributed by atoms with E-state index in [-0.39, 0.29) is 34.3 Å². The van der Waals surface area contributed by atoms with E-state index in [1.165, 1.54) is 41.1 Å². The van der Waals surface area contributed by atoms with Crippen molar-refractivity contribution >= 4 is 68.7 Å². The Hall–Kier alpha value is -5.16. The number of aromatic amines is 1. The predicted molar refractivity (Wildman–Crippen MR) is 259 cm³/mol. The number of H-pyrrole nitrogens is 1. The molecule has 2 aliphatic heterocycles. The molecule has 3 aromatic carbocycles. The van der Waals surface area contributed by atoms with Crippen LogP contribution in [0.5, 0.6) is 11.5 Å². The maximum absolute atomic E-state index is 16.4. The van der Waals surface area contributed by atoms with E-state index in [1.807, 2.05) is 35.3 Å². The van der Waals surface area contributed by atoms with Gasteiger partial charge in [0.2, 0.25) is 0 Å². The van der Waals surface area contributed by atoms with Crippen LogP contribution in [0.15, 0.2) is 89.6 Å². The van der Waals surface area contributed by atoms with Gasteiger partial charge in [-0.3, -0.25) is 29.6 Å². The number of allylic oxidation sites excluding steroid dienone is 1. The average molecular weight is 963 g/mol. The number of fused-ring (bicyclic) bond motifs is 1. The summed E-state index contributed by atoms with van der Waals surface area (Å²) in [4.78, 5) is 49.2. The van der Waals surface area contributed by atoms with Gasteiger partial charge >= 0.3 is 0 Å². The Kier molecular flexibility index (Phi) is 13.8. The monoisotopic (exact) mass is 961 g/mol. The van der Waals surface area contributed by atoms with Gasteiger partial charge in [-0.05, 0) is 85.2 Å². The van der Waals surface area contributed by atoms with Crippen molar-refractivity contribution in [2.24, 2.45) is 5.41 Å². The highest BCUT2D eigenvalue weighted by Gasteiger charge is 2.35. The molecule has 0 spiro atoms. The lowest BCUT2D eigenvalue weighted by Crippen LogP contribution is -2.47. The third-order valence-corrected chi connectivity index (χ3v) is 16.7. The number of nitro benzene ring substituents is 1. The van der Waals surface area contributed by atoms with E-state index in [4.69, 9.17) is 16.3 Å². The molecule has 0 saturated carbocycles. The number of nitro groups is 1. The Morgan fingerprint density at radius 2 is 1.77 bits per heavy atom. The number of carbonyl (C=O) groups is 1. The first-order chi connectivity index (χ1) is 31.3. The maximum atomic E-state index is 16.4. The molecule has 2 fully saturated rings. The number of hydrogen-bond donors (Lipinski definition) is 4. The summed E-state index contributed by atoms with van der Waals surface area (Å²) < 4.78 is 52.1. The van der Waals surface area contributed by atoms with E-state index < -0.39 is 50.3 Å². The van der Waals surface area contributed by atoms with Crippen molar-refractivity contribution in [3.63, 3.8) is 0 Å². The van der Waals surface area contributed by atoms with Gasteiger partial charge in [0.15, 0.2) is 0 Å². The number of rotatable bonds is 14. The second-order valence-corrected chi connectivity index (χ2v) is 24.4. The first-order valence-electron chi connectivity index (χ1n) is 22.1. The van der Waals surface area contributed by atoms with Gasteiger partial charge in [-0.15, -0.1) is 0 Å². The van der Waals surface area contributed by atoms with Crippen LogP contribution in [-0.2, 0) is 10.0 Å². The van der Waals surface area contributed by atoms with Gasteiger partial charge < -0.3 is 19.9 Å². The van der Waals surface area contributed by atoms with E-state index in [1.54, 1.807) is 18.3 Å². The number of sulfonamides is 1. The van der Waals surface area contributed by atoms with Crippen LogP contribution in [0.4, 0.5) is 21.5 Å². The predicted octanol–water partition coefficient (Wildman–Crippen LogP) is 8.63. The van der Waals surface area contributed by atoms with Gasteiger partial charge in [0.1, 0.15) is 36.1 Å². The number of pyridine rings is 1. The van der Waals surface area contributed by atoms with Gasteiger partial charge in [-0.1, -0.05) is 43.2 Å². The maximum Gasteiger partial charge on any atom is 0.293 e. The lowest BCUT2D eigenvalue weighted by Gasteiger charge is -2.39. The van der Waals surface area contributed by atoms with Crippen molar-refractivity contribution in [1.29, 1.82) is 0 Å². The van der Waals surface area contributed by atoms with Gasteiger partial charge in [-0.25, -0.2) is 22.5 Å². The number of piperazine rings is 1. The lowest BCUT2D eigenvalue weighted by molar-refractivity contribution is -0.384. The molecule has 66 heavy (non-hydrogen) atoms. The van der Waals surface area contributed by atoms with Crippen molar-refractivity contribution in [3.05, 3.63) is 117 Å². The number of halogens is 2. The minimum absolute atomic E-state index is 0.106. The number of nitrogens with one attached hydrogen (secondary N) is 3. The molecule has 0 bridgehead atoms. The molecule has 0 radical (unpaired) electrons. The molecular formula is C47H56ClFN8O7PS+. The molecule has 5 aromatic rings. The molecule has 350 valence electrons. The van der Waals surface area contributed by atoms with E-state index in [0.29, 0.717) is 74.2 Å². The molecule has 19 heteroatoms. The fourth-order valence-electron chi connectivity index (χ4n) is 9.04. The molecule has 2 aromatic heterocycles. The van der Waals surface area contributed by atoms with Crippen molar-refractivity contribution in [3.8, 4) is 11.5 Å². The fraction of sp³-hybridized carbons (Fsp3) is 0.404. The summed E-state index contributed by atoms with van der Waals surface area (Å²) >= 11 is 6.23. The van der Waals surface area contributed by atoms with E-state index in [0.717, 1.165) is 37.9 Å². The van der Waals surface area contributed by atoms with Crippen molar-refractivity contribution in [1.82, 2.24) is 24.5 Å². The number of hydrogen-bond acceptors (Lipinski definition) is 12. The fourth-order valence-corrected chi connectivity index (χ4v) is 11.8. The Morgan fingerprint density at radius 3 is 2.48 bits per heavy atom. The number of carbonyl (C=O) groups excluding carboxylic acids is 1. The van der Waals surface area contributed by atoms with Crippen molar-refractivity contribution in [2.75, 3.05) is 81.6 Å². The molecular weight excluding hydrogens is 906 g/mol. The zero-order valence-corrected chi connectivity index (χ0v) is 40.0. The number of aromatic nitrogens is 2. The summed E-state index contributed by atoms with van der Waals surface area (Å²) in [5.74, 6) is -1.84. The largest absolute Gasteiger partial charge is 0.455 e. The number of anilines is 2. The quantitative estimate of drug-likeness (QED) is 0.0473. The van der Waals surface area contributed by atoms with E-state index >= 15 is 4.39 Å². The second-order valence-electron chi connectivity index (χ2n) is 18.7. The third kappa shape index (κ3) is 11.2. The number of benzene rings is 3. The summed E-state index contributed by atoms with van der Waals surface area (Å²) in [6, 6.07) is 17.0. The highest BCUT2D eigenvalue weighted by molar-refractivity contribution is 7.90. The molecule has 3 aliphatic rings. The first-order valence-corrected chi connectivity index (χ1v) is 26.5. The molecule has 4 heterocycles. The number of ether oxygens (including phenoxy) is 1.